The van der Waals surface area contributed by atoms with Crippen LogP contribution in [0.1, 0.15) is 12.5 Å². The van der Waals surface area contributed by atoms with E-state index in [4.69, 9.17) is 4.98 Å². The lowest BCUT2D eigenvalue weighted by Gasteiger charge is -2.19. The molecule has 0 aliphatic carbocycles. The number of nitrogens with zero attached hydrogens (tertiary/aromatic N) is 5. The van der Waals surface area contributed by atoms with Gasteiger partial charge in [0.1, 0.15) is 22.8 Å². The fourth-order valence-corrected chi connectivity index (χ4v) is 6.41. The molecule has 0 spiro atoms. The number of hydrogen-bond donors (Lipinski definition) is 2. The highest BCUT2D eigenvalue weighted by Gasteiger charge is 2.32. The van der Waals surface area contributed by atoms with E-state index in [1.165, 1.54) is 42.7 Å². The van der Waals surface area contributed by atoms with Crippen LogP contribution in [0.4, 0.5) is 0 Å². The van der Waals surface area contributed by atoms with Gasteiger partial charge < -0.3 is 19.7 Å². The first-order valence-electron chi connectivity index (χ1n) is 11.9. The maximum Gasteiger partial charge on any atom is 0.269 e. The molecule has 0 radical (unpaired) electrons. The van der Waals surface area contributed by atoms with Gasteiger partial charge in [0.05, 0.1) is 28.2 Å². The number of pyridine rings is 1. The maximum atomic E-state index is 13.4. The maximum absolute atomic E-state index is 13.4. The summed E-state index contributed by atoms with van der Waals surface area (Å²) in [7, 11) is -3.91. The number of hydrogen-bond acceptors (Lipinski definition) is 7. The summed E-state index contributed by atoms with van der Waals surface area (Å²) >= 11 is 0. The Balaban J connectivity index is 1.60. The molecule has 0 saturated carbocycles. The van der Waals surface area contributed by atoms with Crippen LogP contribution in [0.15, 0.2) is 84.5 Å². The number of aromatic nitrogens is 4. The van der Waals surface area contributed by atoms with E-state index < -0.39 is 10.0 Å². The molecule has 0 bridgehead atoms. The summed E-state index contributed by atoms with van der Waals surface area (Å²) in [4.78, 5) is 23.4. The lowest BCUT2D eigenvalue weighted by molar-refractivity contribution is -0.125. The van der Waals surface area contributed by atoms with Crippen LogP contribution in [-0.2, 0) is 14.8 Å². The van der Waals surface area contributed by atoms with Crippen molar-refractivity contribution in [2.45, 2.75) is 17.4 Å². The molecule has 1 unspecified atom stereocenters. The molecule has 38 heavy (non-hydrogen) atoms. The Morgan fingerprint density at radius 1 is 1.11 bits per heavy atom. The molecule has 2 aromatic carbocycles. The normalized spacial score (nSPS) is 15.9. The Hall–Kier alpha value is -4.64. The molecule has 1 aliphatic heterocycles. The second kappa shape index (κ2) is 8.73. The van der Waals surface area contributed by atoms with Gasteiger partial charge in [-0.3, -0.25) is 4.79 Å². The van der Waals surface area contributed by atoms with Crippen molar-refractivity contribution < 1.29 is 23.4 Å². The molecular weight excluding hydrogens is 506 g/mol. The minimum absolute atomic E-state index is 0.0928. The van der Waals surface area contributed by atoms with Gasteiger partial charge in [0.15, 0.2) is 5.65 Å². The van der Waals surface area contributed by atoms with Crippen LogP contribution >= 0.6 is 0 Å². The zero-order valence-electron chi connectivity index (χ0n) is 20.1. The van der Waals surface area contributed by atoms with Crippen LogP contribution in [0.5, 0.6) is 11.5 Å². The number of aromatic hydroxyl groups is 2. The highest BCUT2D eigenvalue weighted by Crippen LogP contribution is 2.39. The van der Waals surface area contributed by atoms with Crippen LogP contribution in [0.25, 0.3) is 33.5 Å². The van der Waals surface area contributed by atoms with Gasteiger partial charge in [0, 0.05) is 30.7 Å². The van der Waals surface area contributed by atoms with Crippen LogP contribution in [-0.4, -0.2) is 61.0 Å². The summed E-state index contributed by atoms with van der Waals surface area (Å²) in [6.07, 6.45) is 4.87. The molecule has 11 heteroatoms. The van der Waals surface area contributed by atoms with Crippen LogP contribution in [0.3, 0.4) is 0 Å². The Bertz CT molecular complexity index is 1840. The number of benzene rings is 2. The molecule has 192 valence electrons. The van der Waals surface area contributed by atoms with Crippen molar-refractivity contribution in [3.8, 4) is 22.9 Å². The van der Waals surface area contributed by atoms with E-state index in [0.717, 1.165) is 3.97 Å². The van der Waals surface area contributed by atoms with Crippen LogP contribution < -0.4 is 0 Å². The number of rotatable bonds is 5. The lowest BCUT2D eigenvalue weighted by atomic mass is 10.1. The molecule has 1 atom stereocenters. The minimum Gasteiger partial charge on any atom is -0.508 e. The van der Waals surface area contributed by atoms with E-state index in [2.05, 4.69) is 11.6 Å². The summed E-state index contributed by atoms with van der Waals surface area (Å²) in [6.45, 7) is 4.48. The van der Waals surface area contributed by atoms with E-state index in [9.17, 15) is 23.4 Å². The first kappa shape index (κ1) is 23.7. The second-order valence-corrected chi connectivity index (χ2v) is 10.9. The predicted molar refractivity (Wildman–Crippen MR) is 141 cm³/mol. The molecule has 6 rings (SSSR count). The topological polar surface area (TPSA) is 131 Å². The van der Waals surface area contributed by atoms with Gasteiger partial charge in [0.2, 0.25) is 5.91 Å². The predicted octanol–water partition coefficient (Wildman–Crippen LogP) is 3.66. The first-order chi connectivity index (χ1) is 18.3. The van der Waals surface area contributed by atoms with Gasteiger partial charge >= 0.3 is 0 Å². The fraction of sp³-hybridized carbons (Fsp3) is 0.148. The number of carbonyl (C=O) groups is 1. The number of likely N-dealkylation sites (tertiary alicyclic amines) is 1. The van der Waals surface area contributed by atoms with E-state index in [1.807, 2.05) is 4.57 Å². The van der Waals surface area contributed by atoms with Gasteiger partial charge in [-0.25, -0.2) is 22.4 Å². The molecule has 2 N–H and O–H groups in total. The molecule has 4 heterocycles. The van der Waals surface area contributed by atoms with Gasteiger partial charge in [-0.2, -0.15) is 0 Å². The smallest absolute Gasteiger partial charge is 0.269 e. The number of imidazole rings is 1. The standard InChI is InChI=1S/C27H23N5O5S/c1-2-24(35)30-12-10-17(16-30)32-25-21-11-13-31(38(36,37)19-6-4-3-5-7-19)26(21)28-15-22(25)29-27(32)20-9-8-18(33)14-23(20)34/h2-9,11,13-15,17,33-34H,1,10,12,16H2. The van der Waals surface area contributed by atoms with Crippen molar-refractivity contribution in [3.63, 3.8) is 0 Å². The lowest BCUT2D eigenvalue weighted by Crippen LogP contribution is -2.27. The Kier molecular flexibility index (Phi) is 5.46. The Morgan fingerprint density at radius 3 is 2.63 bits per heavy atom. The third-order valence-corrected chi connectivity index (χ3v) is 8.55. The SMILES string of the molecule is C=CC(=O)N1CCC(n2c(-c3ccc(O)cc3O)nc3cnc4c(ccn4S(=O)(=O)c4ccccc4)c32)C1. The highest BCUT2D eigenvalue weighted by molar-refractivity contribution is 7.90. The fourth-order valence-electron chi connectivity index (χ4n) is 5.08. The Labute approximate surface area is 217 Å². The average Bonchev–Trinajstić information content (AvgIpc) is 3.65. The van der Waals surface area contributed by atoms with E-state index in [0.29, 0.717) is 47.3 Å². The van der Waals surface area contributed by atoms with Gasteiger partial charge in [-0.1, -0.05) is 24.8 Å². The quantitative estimate of drug-likeness (QED) is 0.332. The van der Waals surface area contributed by atoms with Crippen molar-refractivity contribution in [2.75, 3.05) is 13.1 Å². The third-order valence-electron chi connectivity index (χ3n) is 6.87. The first-order valence-corrected chi connectivity index (χ1v) is 13.4. The zero-order chi connectivity index (χ0) is 26.6. The monoisotopic (exact) mass is 529 g/mol. The van der Waals surface area contributed by atoms with Crippen molar-refractivity contribution in [3.05, 3.63) is 79.6 Å². The zero-order valence-corrected chi connectivity index (χ0v) is 20.9. The number of amides is 1. The van der Waals surface area contributed by atoms with E-state index in [-0.39, 0.29) is 34.0 Å². The molecule has 10 nitrogen and oxygen atoms in total. The number of carbonyl (C=O) groups excluding carboxylic acids is 1. The largest absolute Gasteiger partial charge is 0.508 e. The van der Waals surface area contributed by atoms with Crippen molar-refractivity contribution in [1.82, 2.24) is 23.4 Å². The van der Waals surface area contributed by atoms with Gasteiger partial charge in [0.25, 0.3) is 10.0 Å². The third kappa shape index (κ3) is 3.62. The highest BCUT2D eigenvalue weighted by atomic mass is 32.2. The van der Waals surface area contributed by atoms with E-state index in [1.54, 1.807) is 35.2 Å². The molecule has 1 aliphatic rings. The van der Waals surface area contributed by atoms with Crippen molar-refractivity contribution in [1.29, 1.82) is 0 Å². The summed E-state index contributed by atoms with van der Waals surface area (Å²) in [5.74, 6) is -0.0157. The summed E-state index contributed by atoms with van der Waals surface area (Å²) < 4.78 is 29.9. The van der Waals surface area contributed by atoms with Gasteiger partial charge in [-0.05, 0) is 42.8 Å². The number of fused-ring (bicyclic) bond motifs is 3. The second-order valence-electron chi connectivity index (χ2n) is 9.10. The summed E-state index contributed by atoms with van der Waals surface area (Å²) in [6, 6.07) is 13.8. The minimum atomic E-state index is -3.91. The van der Waals surface area contributed by atoms with Gasteiger partial charge in [-0.15, -0.1) is 0 Å². The molecule has 1 amide bonds. The molecule has 3 aromatic heterocycles. The summed E-state index contributed by atoms with van der Waals surface area (Å²) in [5.41, 5.74) is 1.76. The number of phenolic OH excluding ortho intramolecular Hbond substituents is 2. The molecule has 5 aromatic rings. The molecule has 1 fully saturated rings. The van der Waals surface area contributed by atoms with E-state index >= 15 is 0 Å². The van der Waals surface area contributed by atoms with Crippen LogP contribution in [0, 0.1) is 0 Å². The van der Waals surface area contributed by atoms with Crippen LogP contribution in [0.2, 0.25) is 0 Å². The summed E-state index contributed by atoms with van der Waals surface area (Å²) in [5, 5.41) is 21.1. The van der Waals surface area contributed by atoms with Crippen molar-refractivity contribution >= 4 is 38.0 Å². The van der Waals surface area contributed by atoms with Crippen molar-refractivity contribution in [2.24, 2.45) is 0 Å². The Morgan fingerprint density at radius 2 is 1.89 bits per heavy atom. The molecule has 1 saturated heterocycles. The molecular formula is C27H23N5O5S. The number of phenols is 2. The average molecular weight is 530 g/mol.